The number of nitrogens with zero attached hydrogens (tertiary/aromatic N) is 1. The first-order valence-electron chi connectivity index (χ1n) is 5.66. The van der Waals surface area contributed by atoms with Crippen LogP contribution in [0.2, 0.25) is 0 Å². The first kappa shape index (κ1) is 12.3. The molecule has 3 atom stereocenters. The average Bonchev–Trinajstić information content (AvgIpc) is 2.85. The third kappa shape index (κ3) is 1.71. The zero-order chi connectivity index (χ0) is 12.6. The highest BCUT2D eigenvalue weighted by atomic mass is 16.7. The second-order valence-corrected chi connectivity index (χ2v) is 4.54. The van der Waals surface area contributed by atoms with Gasteiger partial charge < -0.3 is 9.47 Å². The third-order valence-electron chi connectivity index (χ3n) is 3.58. The summed E-state index contributed by atoms with van der Waals surface area (Å²) in [5, 5.41) is 1.71. The molecule has 0 amide bonds. The Balaban J connectivity index is 2.32. The molecule has 0 unspecified atom stereocenters. The summed E-state index contributed by atoms with van der Waals surface area (Å²) < 4.78 is 9.51. The molecule has 0 aliphatic carbocycles. The number of esters is 2. The zero-order valence-corrected chi connectivity index (χ0v) is 10.3. The van der Waals surface area contributed by atoms with Crippen molar-refractivity contribution < 1.29 is 23.9 Å². The Kier molecular flexibility index (Phi) is 3.09. The van der Waals surface area contributed by atoms with Crippen LogP contribution in [0.3, 0.4) is 0 Å². The molecule has 17 heavy (non-hydrogen) atoms. The SMILES string of the molecule is COC(=O)[C@@H]1[C@H]2CCCN2O[C@]1(C)C(=O)OC. The van der Waals surface area contributed by atoms with E-state index < -0.39 is 23.5 Å². The summed E-state index contributed by atoms with van der Waals surface area (Å²) in [5.74, 6) is -1.59. The maximum absolute atomic E-state index is 11.9. The lowest BCUT2D eigenvalue weighted by Crippen LogP contribution is -2.48. The quantitative estimate of drug-likeness (QED) is 0.642. The first-order valence-corrected chi connectivity index (χ1v) is 5.66. The molecule has 0 aromatic heterocycles. The number of hydroxylamine groups is 2. The van der Waals surface area contributed by atoms with E-state index in [1.165, 1.54) is 14.2 Å². The van der Waals surface area contributed by atoms with Gasteiger partial charge in [-0.25, -0.2) is 4.79 Å². The van der Waals surface area contributed by atoms with Crippen LogP contribution < -0.4 is 0 Å². The van der Waals surface area contributed by atoms with Gasteiger partial charge in [-0.2, -0.15) is 5.06 Å². The Morgan fingerprint density at radius 3 is 2.65 bits per heavy atom. The minimum atomic E-state index is -1.27. The Bertz CT molecular complexity index is 345. The number of hydrogen-bond donors (Lipinski definition) is 0. The Morgan fingerprint density at radius 2 is 2.06 bits per heavy atom. The molecule has 0 spiro atoms. The van der Waals surface area contributed by atoms with E-state index in [4.69, 9.17) is 14.3 Å². The van der Waals surface area contributed by atoms with Gasteiger partial charge in [0.2, 0.25) is 0 Å². The van der Waals surface area contributed by atoms with E-state index in [9.17, 15) is 9.59 Å². The average molecular weight is 243 g/mol. The van der Waals surface area contributed by atoms with Crippen molar-refractivity contribution in [2.45, 2.75) is 31.4 Å². The van der Waals surface area contributed by atoms with E-state index in [1.54, 1.807) is 12.0 Å². The largest absolute Gasteiger partial charge is 0.469 e. The van der Waals surface area contributed by atoms with Crippen LogP contribution in [0.4, 0.5) is 0 Å². The van der Waals surface area contributed by atoms with Crippen molar-refractivity contribution in [3.63, 3.8) is 0 Å². The smallest absolute Gasteiger partial charge is 0.340 e. The van der Waals surface area contributed by atoms with Crippen molar-refractivity contribution in [3.05, 3.63) is 0 Å². The van der Waals surface area contributed by atoms with Crippen LogP contribution in [0.5, 0.6) is 0 Å². The molecule has 0 radical (unpaired) electrons. The number of fused-ring (bicyclic) bond motifs is 1. The molecule has 2 aliphatic heterocycles. The molecule has 2 saturated heterocycles. The maximum Gasteiger partial charge on any atom is 0.340 e. The maximum atomic E-state index is 11.9. The molecule has 96 valence electrons. The van der Waals surface area contributed by atoms with Gasteiger partial charge in [-0.3, -0.25) is 9.63 Å². The number of ether oxygens (including phenoxy) is 2. The predicted octanol–water partition coefficient (Wildman–Crippen LogP) is 0.117. The monoisotopic (exact) mass is 243 g/mol. The molecule has 0 bridgehead atoms. The van der Waals surface area contributed by atoms with E-state index in [1.807, 2.05) is 0 Å². The predicted molar refractivity (Wildman–Crippen MR) is 56.7 cm³/mol. The van der Waals surface area contributed by atoms with Gasteiger partial charge in [0.15, 0.2) is 5.60 Å². The van der Waals surface area contributed by atoms with E-state index in [0.29, 0.717) is 0 Å². The standard InChI is InChI=1S/C11H17NO5/c1-11(10(14)16-3)8(9(13)15-2)7-5-4-6-12(7)17-11/h7-8H,4-6H2,1-3H3/t7-,8+,11+/m1/s1. The third-order valence-corrected chi connectivity index (χ3v) is 3.58. The number of rotatable bonds is 2. The van der Waals surface area contributed by atoms with Crippen molar-refractivity contribution in [1.29, 1.82) is 0 Å². The molecule has 0 aromatic carbocycles. The van der Waals surface area contributed by atoms with E-state index in [-0.39, 0.29) is 6.04 Å². The van der Waals surface area contributed by atoms with Gasteiger partial charge in [0.05, 0.1) is 20.3 Å². The van der Waals surface area contributed by atoms with Gasteiger partial charge in [0.25, 0.3) is 0 Å². The molecular formula is C11H17NO5. The first-order chi connectivity index (χ1) is 8.04. The number of methoxy groups -OCH3 is 2. The summed E-state index contributed by atoms with van der Waals surface area (Å²) in [6.07, 6.45) is 1.78. The molecule has 2 fully saturated rings. The Hall–Kier alpha value is -1.14. The lowest BCUT2D eigenvalue weighted by molar-refractivity contribution is -0.212. The molecule has 2 heterocycles. The zero-order valence-electron chi connectivity index (χ0n) is 10.3. The van der Waals surface area contributed by atoms with E-state index >= 15 is 0 Å². The van der Waals surface area contributed by atoms with Crippen LogP contribution in [-0.2, 0) is 23.9 Å². The summed E-state index contributed by atoms with van der Waals surface area (Å²) in [7, 11) is 2.60. The van der Waals surface area contributed by atoms with Crippen LogP contribution >= 0.6 is 0 Å². The van der Waals surface area contributed by atoms with Crippen LogP contribution in [0.1, 0.15) is 19.8 Å². The fraction of sp³-hybridized carbons (Fsp3) is 0.818. The molecule has 2 aliphatic rings. The second kappa shape index (κ2) is 4.27. The normalized spacial score (nSPS) is 36.6. The summed E-state index contributed by atoms with van der Waals surface area (Å²) >= 11 is 0. The van der Waals surface area contributed by atoms with Crippen molar-refractivity contribution in [3.8, 4) is 0 Å². The molecule has 6 heteroatoms. The summed E-state index contributed by atoms with van der Waals surface area (Å²) in [5.41, 5.74) is -1.27. The summed E-state index contributed by atoms with van der Waals surface area (Å²) in [6.45, 7) is 2.31. The number of carbonyl (C=O) groups excluding carboxylic acids is 2. The Morgan fingerprint density at radius 1 is 1.35 bits per heavy atom. The van der Waals surface area contributed by atoms with Gasteiger partial charge in [-0.15, -0.1) is 0 Å². The summed E-state index contributed by atoms with van der Waals surface area (Å²) in [4.78, 5) is 29.3. The Labute approximate surface area is 99.8 Å². The molecule has 0 N–H and O–H groups in total. The molecule has 2 rings (SSSR count). The van der Waals surface area contributed by atoms with Crippen LogP contribution in [0.15, 0.2) is 0 Å². The van der Waals surface area contributed by atoms with Gasteiger partial charge >= 0.3 is 11.9 Å². The molecule has 0 saturated carbocycles. The summed E-state index contributed by atoms with van der Waals surface area (Å²) in [6, 6.07) is -0.0912. The van der Waals surface area contributed by atoms with Crippen LogP contribution in [0, 0.1) is 5.92 Å². The minimum absolute atomic E-state index is 0.0912. The van der Waals surface area contributed by atoms with Gasteiger partial charge in [0, 0.05) is 6.54 Å². The van der Waals surface area contributed by atoms with Crippen molar-refractivity contribution in [2.75, 3.05) is 20.8 Å². The number of carbonyl (C=O) groups is 2. The second-order valence-electron chi connectivity index (χ2n) is 4.54. The minimum Gasteiger partial charge on any atom is -0.469 e. The van der Waals surface area contributed by atoms with Crippen LogP contribution in [0.25, 0.3) is 0 Å². The highest BCUT2D eigenvalue weighted by molar-refractivity contribution is 5.88. The lowest BCUT2D eigenvalue weighted by atomic mass is 9.83. The van der Waals surface area contributed by atoms with E-state index in [2.05, 4.69) is 0 Å². The fourth-order valence-corrected chi connectivity index (χ4v) is 2.76. The van der Waals surface area contributed by atoms with Crippen molar-refractivity contribution in [2.24, 2.45) is 5.92 Å². The fourth-order valence-electron chi connectivity index (χ4n) is 2.76. The highest BCUT2D eigenvalue weighted by Crippen LogP contribution is 2.43. The highest BCUT2D eigenvalue weighted by Gasteiger charge is 2.61. The topological polar surface area (TPSA) is 65.1 Å². The lowest BCUT2D eigenvalue weighted by Gasteiger charge is -2.25. The molecular weight excluding hydrogens is 226 g/mol. The number of hydrogen-bond acceptors (Lipinski definition) is 6. The molecule has 6 nitrogen and oxygen atoms in total. The molecule has 0 aromatic rings. The van der Waals surface area contributed by atoms with E-state index in [0.717, 1.165) is 19.4 Å². The van der Waals surface area contributed by atoms with Crippen molar-refractivity contribution in [1.82, 2.24) is 5.06 Å². The van der Waals surface area contributed by atoms with Gasteiger partial charge in [-0.05, 0) is 19.8 Å². The van der Waals surface area contributed by atoms with Gasteiger partial charge in [-0.1, -0.05) is 0 Å². The van der Waals surface area contributed by atoms with Gasteiger partial charge in [0.1, 0.15) is 5.92 Å². The van der Waals surface area contributed by atoms with Crippen molar-refractivity contribution >= 4 is 11.9 Å². The van der Waals surface area contributed by atoms with Crippen LogP contribution in [-0.4, -0.2) is 49.4 Å².